The molecular weight excluding hydrogens is 400 g/mol. The summed E-state index contributed by atoms with van der Waals surface area (Å²) in [4.78, 5) is 8.53. The highest BCUT2D eigenvalue weighted by Gasteiger charge is 2.36. The van der Waals surface area contributed by atoms with E-state index in [1.165, 1.54) is 68.0 Å². The molecule has 1 unspecified atom stereocenters. The van der Waals surface area contributed by atoms with Crippen molar-refractivity contribution in [3.63, 3.8) is 0 Å². The van der Waals surface area contributed by atoms with Gasteiger partial charge in [-0.1, -0.05) is 45.1 Å². The second-order valence-corrected chi connectivity index (χ2v) is 8.63. The summed E-state index contributed by atoms with van der Waals surface area (Å²) in [5, 5.41) is 15.5. The van der Waals surface area contributed by atoms with Crippen LogP contribution < -0.4 is 0 Å². The predicted molar refractivity (Wildman–Crippen MR) is 117 cm³/mol. The van der Waals surface area contributed by atoms with Gasteiger partial charge in [0.1, 0.15) is 29.9 Å². The lowest BCUT2D eigenvalue weighted by Crippen LogP contribution is -2.52. The van der Waals surface area contributed by atoms with Crippen LogP contribution in [0.5, 0.6) is 0 Å². The average Bonchev–Trinajstić information content (AvgIpc) is 3.24. The van der Waals surface area contributed by atoms with Crippen LogP contribution in [0, 0.1) is 11.6 Å². The molecule has 0 radical (unpaired) electrons. The first-order chi connectivity index (χ1) is 15.0. The van der Waals surface area contributed by atoms with Gasteiger partial charge in [0, 0.05) is 44.4 Å². The predicted octanol–water partition coefficient (Wildman–Crippen LogP) is 3.42. The molecule has 2 heterocycles. The molecular formula is C23H35F2N5O. The summed E-state index contributed by atoms with van der Waals surface area (Å²) in [6, 6.07) is 3.33. The molecule has 1 fully saturated rings. The SMILES string of the molecule is CCCCCCCCN1CCN(CC(O)(Cn2cncn2)c2ccc(F)cc2F)CC1. The van der Waals surface area contributed by atoms with Crippen molar-refractivity contribution in [1.82, 2.24) is 24.6 Å². The summed E-state index contributed by atoms with van der Waals surface area (Å²) in [6.07, 6.45) is 10.6. The molecule has 31 heavy (non-hydrogen) atoms. The van der Waals surface area contributed by atoms with E-state index in [1.807, 2.05) is 0 Å². The Hall–Kier alpha value is -1.90. The summed E-state index contributed by atoms with van der Waals surface area (Å²) >= 11 is 0. The Morgan fingerprint density at radius 2 is 1.68 bits per heavy atom. The van der Waals surface area contributed by atoms with Crippen LogP contribution in [-0.2, 0) is 12.1 Å². The molecule has 6 nitrogen and oxygen atoms in total. The zero-order valence-electron chi connectivity index (χ0n) is 18.5. The number of benzene rings is 1. The van der Waals surface area contributed by atoms with Crippen LogP contribution in [0.2, 0.25) is 0 Å². The van der Waals surface area contributed by atoms with Gasteiger partial charge in [-0.2, -0.15) is 5.10 Å². The quantitative estimate of drug-likeness (QED) is 0.518. The first-order valence-corrected chi connectivity index (χ1v) is 11.5. The Balaban J connectivity index is 1.56. The maximum absolute atomic E-state index is 14.6. The van der Waals surface area contributed by atoms with Gasteiger partial charge in [0.2, 0.25) is 0 Å². The van der Waals surface area contributed by atoms with Crippen LogP contribution in [0.25, 0.3) is 0 Å². The molecule has 1 aromatic heterocycles. The number of aromatic nitrogens is 3. The van der Waals surface area contributed by atoms with Crippen LogP contribution in [0.1, 0.15) is 51.0 Å². The van der Waals surface area contributed by atoms with E-state index in [1.54, 1.807) is 0 Å². The summed E-state index contributed by atoms with van der Waals surface area (Å²) < 4.78 is 29.5. The number of hydrogen-bond acceptors (Lipinski definition) is 5. The van der Waals surface area contributed by atoms with Crippen LogP contribution >= 0.6 is 0 Å². The number of β-amino-alcohol motifs (C(OH)–C–C–N with tert-alkyl or cyclic N) is 1. The Labute approximate surface area is 183 Å². The second-order valence-electron chi connectivity index (χ2n) is 8.63. The molecule has 1 aliphatic heterocycles. The number of aliphatic hydroxyl groups is 1. The second kappa shape index (κ2) is 11.6. The van der Waals surface area contributed by atoms with Gasteiger partial charge >= 0.3 is 0 Å². The number of nitrogens with zero attached hydrogens (tertiary/aromatic N) is 5. The molecule has 0 spiro atoms. The Morgan fingerprint density at radius 1 is 0.968 bits per heavy atom. The molecule has 3 rings (SSSR count). The lowest BCUT2D eigenvalue weighted by atomic mass is 9.92. The van der Waals surface area contributed by atoms with Crippen molar-refractivity contribution in [2.24, 2.45) is 0 Å². The van der Waals surface area contributed by atoms with E-state index in [0.717, 1.165) is 38.8 Å². The molecule has 8 heteroatoms. The van der Waals surface area contributed by atoms with Crippen molar-refractivity contribution in [3.8, 4) is 0 Å². The van der Waals surface area contributed by atoms with Crippen LogP contribution in [0.15, 0.2) is 30.9 Å². The Bertz CT molecular complexity index is 780. The van der Waals surface area contributed by atoms with Crippen LogP contribution in [0.3, 0.4) is 0 Å². The van der Waals surface area contributed by atoms with E-state index in [9.17, 15) is 13.9 Å². The molecule has 1 N–H and O–H groups in total. The average molecular weight is 436 g/mol. The zero-order chi connectivity index (χ0) is 22.1. The van der Waals surface area contributed by atoms with Gasteiger partial charge in [0.05, 0.1) is 6.54 Å². The van der Waals surface area contributed by atoms with Gasteiger partial charge < -0.3 is 10.0 Å². The topological polar surface area (TPSA) is 57.4 Å². The van der Waals surface area contributed by atoms with Gasteiger partial charge in [-0.3, -0.25) is 4.90 Å². The van der Waals surface area contributed by atoms with Crippen molar-refractivity contribution in [1.29, 1.82) is 0 Å². The van der Waals surface area contributed by atoms with E-state index < -0.39 is 17.2 Å². The highest BCUT2D eigenvalue weighted by atomic mass is 19.1. The Kier molecular flexibility index (Phi) is 8.92. The summed E-state index contributed by atoms with van der Waals surface area (Å²) in [7, 11) is 0. The van der Waals surface area contributed by atoms with E-state index in [4.69, 9.17) is 0 Å². The molecule has 1 aliphatic rings. The first-order valence-electron chi connectivity index (χ1n) is 11.5. The number of halogens is 2. The monoisotopic (exact) mass is 435 g/mol. The smallest absolute Gasteiger partial charge is 0.137 e. The minimum absolute atomic E-state index is 0.0491. The molecule has 0 bridgehead atoms. The van der Waals surface area contributed by atoms with Crippen LogP contribution in [0.4, 0.5) is 8.78 Å². The molecule has 1 atom stereocenters. The maximum atomic E-state index is 14.6. The summed E-state index contributed by atoms with van der Waals surface area (Å²) in [6.45, 7) is 7.11. The van der Waals surface area contributed by atoms with Crippen LogP contribution in [-0.4, -0.2) is 68.9 Å². The van der Waals surface area contributed by atoms with Gasteiger partial charge in [-0.05, 0) is 19.0 Å². The summed E-state index contributed by atoms with van der Waals surface area (Å²) in [5.74, 6) is -1.41. The minimum atomic E-state index is -1.53. The number of unbranched alkanes of at least 4 members (excludes halogenated alkanes) is 5. The molecule has 0 saturated carbocycles. The third kappa shape index (κ3) is 7.05. The van der Waals surface area contributed by atoms with Gasteiger partial charge in [-0.15, -0.1) is 0 Å². The van der Waals surface area contributed by atoms with Crippen molar-refractivity contribution in [3.05, 3.63) is 48.1 Å². The number of piperazine rings is 1. The minimum Gasteiger partial charge on any atom is -0.382 e. The van der Waals surface area contributed by atoms with E-state index in [2.05, 4.69) is 26.8 Å². The van der Waals surface area contributed by atoms with E-state index >= 15 is 0 Å². The standard InChI is InChI=1S/C23H35F2N5O/c1-2-3-4-5-6-7-10-28-11-13-29(14-12-28)16-23(31,17-30-19-26-18-27-30)21-9-8-20(24)15-22(21)25/h8-9,15,18-19,31H,2-7,10-14,16-17H2,1H3. The van der Waals surface area contributed by atoms with Crippen molar-refractivity contribution in [2.45, 2.75) is 57.6 Å². The van der Waals surface area contributed by atoms with Gasteiger partial charge in [-0.25, -0.2) is 18.4 Å². The van der Waals surface area contributed by atoms with Gasteiger partial charge in [0.25, 0.3) is 0 Å². The third-order valence-corrected chi connectivity index (χ3v) is 6.10. The fraction of sp³-hybridized carbons (Fsp3) is 0.652. The zero-order valence-corrected chi connectivity index (χ0v) is 18.5. The molecule has 1 saturated heterocycles. The molecule has 0 aliphatic carbocycles. The fourth-order valence-corrected chi connectivity index (χ4v) is 4.33. The van der Waals surface area contributed by atoms with Gasteiger partial charge in [0.15, 0.2) is 0 Å². The fourth-order valence-electron chi connectivity index (χ4n) is 4.33. The van der Waals surface area contributed by atoms with Crippen molar-refractivity contribution >= 4 is 0 Å². The van der Waals surface area contributed by atoms with Crippen molar-refractivity contribution < 1.29 is 13.9 Å². The highest BCUT2D eigenvalue weighted by Crippen LogP contribution is 2.28. The largest absolute Gasteiger partial charge is 0.382 e. The number of rotatable bonds is 12. The van der Waals surface area contributed by atoms with Crippen molar-refractivity contribution in [2.75, 3.05) is 39.3 Å². The highest BCUT2D eigenvalue weighted by molar-refractivity contribution is 5.25. The normalized spacial score (nSPS) is 17.7. The Morgan fingerprint density at radius 3 is 2.35 bits per heavy atom. The molecule has 1 aromatic carbocycles. The lowest BCUT2D eigenvalue weighted by molar-refractivity contribution is -0.0319. The molecule has 0 amide bonds. The summed E-state index contributed by atoms with van der Waals surface area (Å²) in [5.41, 5.74) is -1.45. The third-order valence-electron chi connectivity index (χ3n) is 6.10. The maximum Gasteiger partial charge on any atom is 0.137 e. The molecule has 172 valence electrons. The number of hydrogen-bond donors (Lipinski definition) is 1. The lowest BCUT2D eigenvalue weighted by Gasteiger charge is -2.39. The van der Waals surface area contributed by atoms with E-state index in [-0.39, 0.29) is 18.7 Å². The first kappa shape index (κ1) is 23.8. The van der Waals surface area contributed by atoms with E-state index in [0.29, 0.717) is 0 Å². The molecule has 2 aromatic rings.